The molecule has 0 bridgehead atoms. The molecule has 0 aromatic heterocycles. The molecule has 3 rings (SSSR count). The van der Waals surface area contributed by atoms with Gasteiger partial charge in [-0.05, 0) is 18.9 Å². The Morgan fingerprint density at radius 1 is 1.25 bits per heavy atom. The molecular weight excluding hydrogens is 311 g/mol. The lowest BCUT2D eigenvalue weighted by Gasteiger charge is -2.39. The number of likely N-dealkylation sites (N-methyl/N-ethyl adjacent to an activating group) is 1. The van der Waals surface area contributed by atoms with E-state index in [-0.39, 0.29) is 24.5 Å². The van der Waals surface area contributed by atoms with Crippen LogP contribution >= 0.6 is 0 Å². The number of nitrogens with zero attached hydrogens (tertiary/aromatic N) is 1. The van der Waals surface area contributed by atoms with Gasteiger partial charge in [-0.3, -0.25) is 9.59 Å². The first-order valence-electron chi connectivity index (χ1n) is 8.50. The van der Waals surface area contributed by atoms with E-state index in [0.717, 1.165) is 25.7 Å². The van der Waals surface area contributed by atoms with Gasteiger partial charge in [-0.15, -0.1) is 0 Å². The van der Waals surface area contributed by atoms with Crippen molar-refractivity contribution in [3.8, 4) is 0 Å². The standard InChI is InChI=1S/C18H23FN2O3/c1-21-15(22)11-24-17(16(21)13-9-5-6-10-14(13)19)18(23)20-12-7-3-2-4-8-12/h5-6,9-10,12,16-17H,2-4,7-8,11H2,1H3,(H,20,23)/t16-,17-/m1/s1. The summed E-state index contributed by atoms with van der Waals surface area (Å²) in [5, 5.41) is 3.02. The van der Waals surface area contributed by atoms with E-state index in [1.165, 1.54) is 17.4 Å². The highest BCUT2D eigenvalue weighted by atomic mass is 19.1. The zero-order valence-electron chi connectivity index (χ0n) is 13.8. The molecule has 1 saturated carbocycles. The van der Waals surface area contributed by atoms with Crippen LogP contribution in [0.25, 0.3) is 0 Å². The normalized spacial score (nSPS) is 25.6. The Morgan fingerprint density at radius 3 is 2.67 bits per heavy atom. The Kier molecular flexibility index (Phi) is 5.14. The minimum absolute atomic E-state index is 0.138. The maximum absolute atomic E-state index is 14.2. The topological polar surface area (TPSA) is 58.6 Å². The predicted molar refractivity (Wildman–Crippen MR) is 86.7 cm³/mol. The quantitative estimate of drug-likeness (QED) is 0.922. The maximum Gasteiger partial charge on any atom is 0.251 e. The Hall–Kier alpha value is -1.95. The molecule has 1 aromatic carbocycles. The summed E-state index contributed by atoms with van der Waals surface area (Å²) in [6.07, 6.45) is 4.42. The van der Waals surface area contributed by atoms with E-state index in [1.54, 1.807) is 25.2 Å². The van der Waals surface area contributed by atoms with Gasteiger partial charge in [0.1, 0.15) is 12.4 Å². The van der Waals surface area contributed by atoms with Crippen LogP contribution in [0.4, 0.5) is 4.39 Å². The molecule has 0 unspecified atom stereocenters. The molecule has 1 aliphatic carbocycles. The van der Waals surface area contributed by atoms with Crippen molar-refractivity contribution < 1.29 is 18.7 Å². The average molecular weight is 334 g/mol. The molecule has 6 heteroatoms. The van der Waals surface area contributed by atoms with E-state index in [4.69, 9.17) is 4.74 Å². The second-order valence-electron chi connectivity index (χ2n) is 6.55. The van der Waals surface area contributed by atoms with Crippen molar-refractivity contribution in [1.82, 2.24) is 10.2 Å². The fraction of sp³-hybridized carbons (Fsp3) is 0.556. The average Bonchev–Trinajstić information content (AvgIpc) is 2.59. The Bertz CT molecular complexity index is 616. The number of hydrogen-bond donors (Lipinski definition) is 1. The molecule has 2 amide bonds. The predicted octanol–water partition coefficient (Wildman–Crippen LogP) is 2.17. The van der Waals surface area contributed by atoms with Crippen LogP contribution in [-0.4, -0.2) is 42.5 Å². The summed E-state index contributed by atoms with van der Waals surface area (Å²) in [4.78, 5) is 26.1. The highest BCUT2D eigenvalue weighted by molar-refractivity contribution is 5.86. The summed E-state index contributed by atoms with van der Waals surface area (Å²) in [6, 6.07) is 5.59. The number of carbonyl (C=O) groups excluding carboxylic acids is 2. The zero-order chi connectivity index (χ0) is 17.1. The Morgan fingerprint density at radius 2 is 1.96 bits per heavy atom. The number of hydrogen-bond acceptors (Lipinski definition) is 3. The van der Waals surface area contributed by atoms with Gasteiger partial charge in [-0.25, -0.2) is 4.39 Å². The van der Waals surface area contributed by atoms with Crippen LogP contribution in [0.1, 0.15) is 43.7 Å². The number of amides is 2. The summed E-state index contributed by atoms with van der Waals surface area (Å²) in [5.41, 5.74) is 0.303. The van der Waals surface area contributed by atoms with E-state index < -0.39 is 18.0 Å². The minimum Gasteiger partial charge on any atom is -0.356 e. The molecule has 1 heterocycles. The lowest BCUT2D eigenvalue weighted by atomic mass is 9.93. The summed E-state index contributed by atoms with van der Waals surface area (Å²) in [5.74, 6) is -0.970. The fourth-order valence-corrected chi connectivity index (χ4v) is 3.55. The van der Waals surface area contributed by atoms with Crippen LogP contribution < -0.4 is 5.32 Å². The van der Waals surface area contributed by atoms with Gasteiger partial charge in [0, 0.05) is 18.7 Å². The van der Waals surface area contributed by atoms with E-state index in [1.807, 2.05) is 0 Å². The number of benzene rings is 1. The third-order valence-corrected chi connectivity index (χ3v) is 4.92. The maximum atomic E-state index is 14.2. The molecule has 1 aliphatic heterocycles. The zero-order valence-corrected chi connectivity index (χ0v) is 13.8. The fourth-order valence-electron chi connectivity index (χ4n) is 3.55. The van der Waals surface area contributed by atoms with Gasteiger partial charge < -0.3 is 15.0 Å². The lowest BCUT2D eigenvalue weighted by Crippen LogP contribution is -2.54. The van der Waals surface area contributed by atoms with Crippen LogP contribution in [0, 0.1) is 5.82 Å². The lowest BCUT2D eigenvalue weighted by molar-refractivity contribution is -0.162. The molecule has 5 nitrogen and oxygen atoms in total. The van der Waals surface area contributed by atoms with Crippen molar-refractivity contribution in [3.05, 3.63) is 35.6 Å². The van der Waals surface area contributed by atoms with E-state index in [2.05, 4.69) is 5.32 Å². The van der Waals surface area contributed by atoms with Crippen molar-refractivity contribution >= 4 is 11.8 Å². The van der Waals surface area contributed by atoms with Gasteiger partial charge in [0.2, 0.25) is 5.91 Å². The third-order valence-electron chi connectivity index (χ3n) is 4.92. The van der Waals surface area contributed by atoms with Gasteiger partial charge in [0.15, 0.2) is 6.10 Å². The van der Waals surface area contributed by atoms with Crippen molar-refractivity contribution in [2.75, 3.05) is 13.7 Å². The van der Waals surface area contributed by atoms with Gasteiger partial charge >= 0.3 is 0 Å². The van der Waals surface area contributed by atoms with Gasteiger partial charge in [0.05, 0.1) is 6.04 Å². The summed E-state index contributed by atoms with van der Waals surface area (Å²) < 4.78 is 19.8. The molecule has 130 valence electrons. The van der Waals surface area contributed by atoms with Gasteiger partial charge in [0.25, 0.3) is 5.91 Å². The molecule has 1 saturated heterocycles. The van der Waals surface area contributed by atoms with Crippen molar-refractivity contribution in [2.24, 2.45) is 0 Å². The summed E-state index contributed by atoms with van der Waals surface area (Å²) in [6.45, 7) is -0.162. The molecule has 1 N–H and O–H groups in total. The van der Waals surface area contributed by atoms with Crippen molar-refractivity contribution in [3.63, 3.8) is 0 Å². The summed E-state index contributed by atoms with van der Waals surface area (Å²) >= 11 is 0. The minimum atomic E-state index is -0.897. The monoisotopic (exact) mass is 334 g/mol. The number of halogens is 1. The number of ether oxygens (including phenoxy) is 1. The summed E-state index contributed by atoms with van der Waals surface area (Å²) in [7, 11) is 1.59. The number of morpholine rings is 1. The van der Waals surface area contributed by atoms with E-state index in [9.17, 15) is 14.0 Å². The number of nitrogens with one attached hydrogen (secondary N) is 1. The second-order valence-corrected chi connectivity index (χ2v) is 6.55. The highest BCUT2D eigenvalue weighted by Gasteiger charge is 2.41. The largest absolute Gasteiger partial charge is 0.356 e. The second kappa shape index (κ2) is 7.30. The molecule has 0 spiro atoms. The Labute approximate surface area is 141 Å². The molecule has 2 aliphatic rings. The smallest absolute Gasteiger partial charge is 0.251 e. The molecule has 1 aromatic rings. The van der Waals surface area contributed by atoms with Crippen LogP contribution in [0.5, 0.6) is 0 Å². The van der Waals surface area contributed by atoms with Crippen molar-refractivity contribution in [2.45, 2.75) is 50.3 Å². The third kappa shape index (κ3) is 3.43. The Balaban J connectivity index is 1.82. The molecule has 0 radical (unpaired) electrons. The van der Waals surface area contributed by atoms with Gasteiger partial charge in [-0.1, -0.05) is 37.5 Å². The SMILES string of the molecule is CN1C(=O)CO[C@@H](C(=O)NC2CCCCC2)[C@H]1c1ccccc1F. The van der Waals surface area contributed by atoms with E-state index >= 15 is 0 Å². The number of carbonyl (C=O) groups is 2. The van der Waals surface area contributed by atoms with Crippen LogP contribution in [0.2, 0.25) is 0 Å². The first kappa shape index (κ1) is 16.9. The van der Waals surface area contributed by atoms with Crippen LogP contribution in [0.15, 0.2) is 24.3 Å². The first-order valence-corrected chi connectivity index (χ1v) is 8.50. The van der Waals surface area contributed by atoms with Crippen LogP contribution in [-0.2, 0) is 14.3 Å². The number of rotatable bonds is 3. The highest BCUT2D eigenvalue weighted by Crippen LogP contribution is 2.31. The van der Waals surface area contributed by atoms with Gasteiger partial charge in [-0.2, -0.15) is 0 Å². The molecule has 2 fully saturated rings. The van der Waals surface area contributed by atoms with Crippen molar-refractivity contribution in [1.29, 1.82) is 0 Å². The molecule has 2 atom stereocenters. The van der Waals surface area contributed by atoms with Crippen LogP contribution in [0.3, 0.4) is 0 Å². The van der Waals surface area contributed by atoms with E-state index in [0.29, 0.717) is 5.56 Å². The first-order chi connectivity index (χ1) is 11.6. The molecule has 24 heavy (non-hydrogen) atoms. The molecular formula is C18H23FN2O3.